The number of hydrogen-bond donors (Lipinski definition) is 1. The van der Waals surface area contributed by atoms with Gasteiger partial charge in [-0.1, -0.05) is 20.8 Å². The minimum atomic E-state index is -0.103. The molecule has 0 bridgehead atoms. The van der Waals surface area contributed by atoms with Crippen molar-refractivity contribution in [3.63, 3.8) is 0 Å². The zero-order valence-electron chi connectivity index (χ0n) is 14.5. The third-order valence-corrected chi connectivity index (χ3v) is 5.04. The van der Waals surface area contributed by atoms with Crippen molar-refractivity contribution in [1.82, 2.24) is 10.3 Å². The van der Waals surface area contributed by atoms with E-state index in [0.29, 0.717) is 6.04 Å². The Morgan fingerprint density at radius 2 is 2.00 bits per heavy atom. The van der Waals surface area contributed by atoms with Crippen molar-refractivity contribution in [3.05, 3.63) is 16.1 Å². The Kier molecular flexibility index (Phi) is 4.54. The Morgan fingerprint density at radius 1 is 1.33 bits per heavy atom. The van der Waals surface area contributed by atoms with Crippen molar-refractivity contribution in [2.24, 2.45) is 0 Å². The summed E-state index contributed by atoms with van der Waals surface area (Å²) in [5.41, 5.74) is 1.14. The second kappa shape index (κ2) is 5.64. The van der Waals surface area contributed by atoms with Gasteiger partial charge in [0.25, 0.3) is 0 Å². The first-order valence-electron chi connectivity index (χ1n) is 7.92. The highest BCUT2D eigenvalue weighted by Crippen LogP contribution is 2.42. The lowest BCUT2D eigenvalue weighted by Crippen LogP contribution is -2.54. The first-order valence-corrected chi connectivity index (χ1v) is 8.80. The molecule has 120 valence electrons. The lowest BCUT2D eigenvalue weighted by atomic mass is 9.81. The largest absolute Gasteiger partial charge is 0.375 e. The Balaban J connectivity index is 2.38. The molecule has 1 aliphatic rings. The van der Waals surface area contributed by atoms with Gasteiger partial charge in [-0.05, 0) is 34.1 Å². The number of thiazole rings is 1. The predicted molar refractivity (Wildman–Crippen MR) is 90.0 cm³/mol. The molecule has 0 aromatic carbocycles. The van der Waals surface area contributed by atoms with Crippen LogP contribution in [0.1, 0.15) is 72.0 Å². The molecule has 0 spiro atoms. The first kappa shape index (κ1) is 16.9. The van der Waals surface area contributed by atoms with E-state index in [-0.39, 0.29) is 16.6 Å². The zero-order valence-corrected chi connectivity index (χ0v) is 15.4. The van der Waals surface area contributed by atoms with E-state index in [1.165, 1.54) is 10.7 Å². The van der Waals surface area contributed by atoms with E-state index < -0.39 is 0 Å². The fraction of sp³-hybridized carbons (Fsp3) is 0.824. The highest BCUT2D eigenvalue weighted by molar-refractivity contribution is 7.09. The van der Waals surface area contributed by atoms with Crippen LogP contribution in [0.2, 0.25) is 0 Å². The molecular weight excluding hydrogens is 280 g/mol. The van der Waals surface area contributed by atoms with Gasteiger partial charge in [-0.2, -0.15) is 0 Å². The molecule has 1 N–H and O–H groups in total. The van der Waals surface area contributed by atoms with Crippen molar-refractivity contribution in [2.75, 3.05) is 6.61 Å². The number of hydrogen-bond acceptors (Lipinski definition) is 4. The summed E-state index contributed by atoms with van der Waals surface area (Å²) in [6.07, 6.45) is 1.96. The molecule has 1 unspecified atom stereocenters. The maximum atomic E-state index is 5.93. The highest BCUT2D eigenvalue weighted by Gasteiger charge is 2.44. The highest BCUT2D eigenvalue weighted by atomic mass is 32.1. The van der Waals surface area contributed by atoms with Crippen molar-refractivity contribution < 1.29 is 4.74 Å². The molecule has 2 heterocycles. The van der Waals surface area contributed by atoms with Gasteiger partial charge in [-0.15, -0.1) is 11.3 Å². The monoisotopic (exact) mass is 310 g/mol. The van der Waals surface area contributed by atoms with Gasteiger partial charge in [-0.25, -0.2) is 4.98 Å². The number of rotatable bonds is 3. The van der Waals surface area contributed by atoms with Crippen LogP contribution in [-0.2, 0) is 15.7 Å². The average molecular weight is 311 g/mol. The smallest absolute Gasteiger partial charge is 0.113 e. The van der Waals surface area contributed by atoms with Crippen LogP contribution in [0.3, 0.4) is 0 Å². The number of nitrogens with one attached hydrogen (secondary N) is 1. The van der Waals surface area contributed by atoms with Gasteiger partial charge in [0.1, 0.15) is 5.01 Å². The third-order valence-electron chi connectivity index (χ3n) is 4.00. The Labute approximate surface area is 133 Å². The average Bonchev–Trinajstić information content (AvgIpc) is 2.75. The van der Waals surface area contributed by atoms with Crippen LogP contribution in [-0.4, -0.2) is 23.2 Å². The second-order valence-electron chi connectivity index (χ2n) is 8.20. The molecule has 4 heteroatoms. The van der Waals surface area contributed by atoms with Gasteiger partial charge in [0, 0.05) is 29.9 Å². The minimum Gasteiger partial charge on any atom is -0.375 e. The van der Waals surface area contributed by atoms with Crippen molar-refractivity contribution >= 4 is 11.3 Å². The number of nitrogens with zero attached hydrogens (tertiary/aromatic N) is 1. The van der Waals surface area contributed by atoms with Crippen LogP contribution >= 0.6 is 11.3 Å². The lowest BCUT2D eigenvalue weighted by Gasteiger charge is -2.45. The first-order chi connectivity index (χ1) is 9.54. The van der Waals surface area contributed by atoms with Gasteiger partial charge in [0.05, 0.1) is 16.8 Å². The summed E-state index contributed by atoms with van der Waals surface area (Å²) in [5.74, 6) is 0. The predicted octanol–water partition coefficient (Wildman–Crippen LogP) is 4.22. The molecule has 1 saturated heterocycles. The van der Waals surface area contributed by atoms with Crippen LogP contribution in [0.15, 0.2) is 5.38 Å². The van der Waals surface area contributed by atoms with E-state index >= 15 is 0 Å². The Hall–Kier alpha value is -0.450. The minimum absolute atomic E-state index is 0.0515. The van der Waals surface area contributed by atoms with E-state index in [4.69, 9.17) is 9.72 Å². The lowest BCUT2D eigenvalue weighted by molar-refractivity contribution is -0.0914. The SMILES string of the molecule is CC(C)NC1(c2nc(C(C)(C)C)cs2)CCOC(C)(C)C1. The molecule has 0 saturated carbocycles. The summed E-state index contributed by atoms with van der Waals surface area (Å²) in [7, 11) is 0. The topological polar surface area (TPSA) is 34.2 Å². The summed E-state index contributed by atoms with van der Waals surface area (Å²) in [4.78, 5) is 5.00. The summed E-state index contributed by atoms with van der Waals surface area (Å²) >= 11 is 1.80. The van der Waals surface area contributed by atoms with E-state index in [2.05, 4.69) is 59.2 Å². The van der Waals surface area contributed by atoms with Crippen LogP contribution in [0.4, 0.5) is 0 Å². The second-order valence-corrected chi connectivity index (χ2v) is 9.06. The summed E-state index contributed by atoms with van der Waals surface area (Å²) in [6, 6.07) is 0.431. The van der Waals surface area contributed by atoms with Gasteiger partial charge < -0.3 is 10.1 Å². The van der Waals surface area contributed by atoms with E-state index in [9.17, 15) is 0 Å². The maximum Gasteiger partial charge on any atom is 0.113 e. The molecule has 1 fully saturated rings. The molecule has 21 heavy (non-hydrogen) atoms. The Bertz CT molecular complexity index is 487. The molecule has 1 aromatic rings. The third kappa shape index (κ3) is 3.85. The fourth-order valence-corrected chi connectivity index (χ4v) is 4.37. The molecule has 1 aliphatic heterocycles. The van der Waals surface area contributed by atoms with Gasteiger partial charge in [0.15, 0.2) is 0 Å². The van der Waals surface area contributed by atoms with Crippen LogP contribution in [0.5, 0.6) is 0 Å². The van der Waals surface area contributed by atoms with E-state index in [1.54, 1.807) is 11.3 Å². The molecule has 1 atom stereocenters. The van der Waals surface area contributed by atoms with Gasteiger partial charge in [-0.3, -0.25) is 0 Å². The fourth-order valence-electron chi connectivity index (χ4n) is 3.13. The van der Waals surface area contributed by atoms with Crippen LogP contribution < -0.4 is 5.32 Å². The molecule has 0 aliphatic carbocycles. The Morgan fingerprint density at radius 3 is 2.48 bits per heavy atom. The van der Waals surface area contributed by atoms with Crippen LogP contribution in [0, 0.1) is 0 Å². The zero-order chi connectivity index (χ0) is 15.9. The summed E-state index contributed by atoms with van der Waals surface area (Å²) in [6.45, 7) is 16.2. The number of aromatic nitrogens is 1. The number of ether oxygens (including phenoxy) is 1. The molecule has 0 radical (unpaired) electrons. The summed E-state index contributed by atoms with van der Waals surface area (Å²) in [5, 5.41) is 7.24. The molecular formula is C17H30N2OS. The molecule has 0 amide bonds. The van der Waals surface area contributed by atoms with E-state index in [1.807, 2.05) is 0 Å². The maximum absolute atomic E-state index is 5.93. The van der Waals surface area contributed by atoms with Gasteiger partial charge >= 0.3 is 0 Å². The van der Waals surface area contributed by atoms with Crippen molar-refractivity contribution in [2.45, 2.75) is 83.9 Å². The molecule has 3 nitrogen and oxygen atoms in total. The van der Waals surface area contributed by atoms with Crippen LogP contribution in [0.25, 0.3) is 0 Å². The quantitative estimate of drug-likeness (QED) is 0.907. The van der Waals surface area contributed by atoms with Crippen molar-refractivity contribution in [1.29, 1.82) is 0 Å². The molecule has 1 aromatic heterocycles. The normalized spacial score (nSPS) is 26.3. The van der Waals surface area contributed by atoms with E-state index in [0.717, 1.165) is 19.4 Å². The summed E-state index contributed by atoms with van der Waals surface area (Å²) < 4.78 is 5.93. The van der Waals surface area contributed by atoms with Crippen molar-refractivity contribution in [3.8, 4) is 0 Å². The standard InChI is InChI=1S/C17H30N2OS/c1-12(2)19-17(8-9-20-16(6,7)11-17)14-18-13(10-21-14)15(3,4)5/h10,12,19H,8-9,11H2,1-7H3. The van der Waals surface area contributed by atoms with Gasteiger partial charge in [0.2, 0.25) is 0 Å². The molecule has 2 rings (SSSR count).